The number of amides is 1. The number of hydrogen-bond donors (Lipinski definition) is 1. The first-order chi connectivity index (χ1) is 13.1. The van der Waals surface area contributed by atoms with Gasteiger partial charge < -0.3 is 9.73 Å². The average molecular weight is 377 g/mol. The van der Waals surface area contributed by atoms with Crippen LogP contribution in [0.3, 0.4) is 0 Å². The van der Waals surface area contributed by atoms with Gasteiger partial charge in [0.1, 0.15) is 5.76 Å². The standard InChI is InChI=1S/C22H17ClN2O2/c1-14-4-9-18-19(11-14)20(16-5-7-17(23)8-6-16)27-21(18)22(26)25-13-15-3-2-10-24-12-15/h2-12H,13H2,1H3,(H,25,26). The van der Waals surface area contributed by atoms with Crippen molar-refractivity contribution in [3.05, 3.63) is 88.9 Å². The van der Waals surface area contributed by atoms with Gasteiger partial charge in [0.25, 0.3) is 5.91 Å². The van der Waals surface area contributed by atoms with Crippen LogP contribution in [0.5, 0.6) is 0 Å². The zero-order chi connectivity index (χ0) is 18.8. The Morgan fingerprint density at radius 3 is 2.67 bits per heavy atom. The van der Waals surface area contributed by atoms with Gasteiger partial charge in [0, 0.05) is 40.3 Å². The number of halogens is 1. The van der Waals surface area contributed by atoms with Crippen LogP contribution >= 0.6 is 11.6 Å². The highest BCUT2D eigenvalue weighted by molar-refractivity contribution is 6.30. The lowest BCUT2D eigenvalue weighted by atomic mass is 10.0. The SMILES string of the molecule is Cc1ccc2c(C(=O)NCc3cccnc3)oc(-c3ccc(Cl)cc3)c2c1. The highest BCUT2D eigenvalue weighted by atomic mass is 35.5. The Kier molecular flexibility index (Phi) is 4.65. The van der Waals surface area contributed by atoms with Gasteiger partial charge in [-0.25, -0.2) is 0 Å². The first-order valence-corrected chi connectivity index (χ1v) is 8.96. The minimum absolute atomic E-state index is 0.257. The maximum absolute atomic E-state index is 12.8. The van der Waals surface area contributed by atoms with Crippen LogP contribution in [-0.2, 0) is 6.54 Å². The number of furan rings is 1. The molecule has 0 aliphatic carbocycles. The summed E-state index contributed by atoms with van der Waals surface area (Å²) < 4.78 is 6.03. The Morgan fingerprint density at radius 2 is 1.93 bits per heavy atom. The Labute approximate surface area is 161 Å². The van der Waals surface area contributed by atoms with Crippen LogP contribution in [0.4, 0.5) is 0 Å². The molecule has 4 rings (SSSR count). The molecule has 0 radical (unpaired) electrons. The van der Waals surface area contributed by atoms with Gasteiger partial charge in [0.2, 0.25) is 0 Å². The molecule has 5 heteroatoms. The molecule has 0 spiro atoms. The molecule has 0 aliphatic heterocycles. The molecule has 0 bridgehead atoms. The van der Waals surface area contributed by atoms with Crippen LogP contribution in [0.2, 0.25) is 5.02 Å². The van der Waals surface area contributed by atoms with E-state index in [1.54, 1.807) is 12.4 Å². The molecule has 134 valence electrons. The second kappa shape index (κ2) is 7.25. The molecule has 4 nitrogen and oxygen atoms in total. The lowest BCUT2D eigenvalue weighted by molar-refractivity contribution is 0.0926. The number of aryl methyl sites for hydroxylation is 1. The molecule has 2 aromatic carbocycles. The van der Waals surface area contributed by atoms with Crippen molar-refractivity contribution in [3.8, 4) is 11.3 Å². The van der Waals surface area contributed by atoms with Crippen molar-refractivity contribution in [3.63, 3.8) is 0 Å². The maximum Gasteiger partial charge on any atom is 0.287 e. The van der Waals surface area contributed by atoms with Crippen molar-refractivity contribution >= 4 is 28.3 Å². The van der Waals surface area contributed by atoms with E-state index >= 15 is 0 Å². The van der Waals surface area contributed by atoms with E-state index in [2.05, 4.69) is 10.3 Å². The van der Waals surface area contributed by atoms with E-state index in [9.17, 15) is 4.79 Å². The van der Waals surface area contributed by atoms with E-state index in [4.69, 9.17) is 16.0 Å². The first kappa shape index (κ1) is 17.3. The number of carbonyl (C=O) groups excluding carboxylic acids is 1. The molecule has 27 heavy (non-hydrogen) atoms. The van der Waals surface area contributed by atoms with E-state index < -0.39 is 0 Å². The van der Waals surface area contributed by atoms with E-state index in [1.807, 2.05) is 61.5 Å². The van der Waals surface area contributed by atoms with E-state index in [-0.39, 0.29) is 5.91 Å². The Hall–Kier alpha value is -3.11. The van der Waals surface area contributed by atoms with Crippen molar-refractivity contribution in [2.45, 2.75) is 13.5 Å². The fourth-order valence-electron chi connectivity index (χ4n) is 3.01. The molecule has 1 amide bonds. The lowest BCUT2D eigenvalue weighted by Gasteiger charge is -2.03. The van der Waals surface area contributed by atoms with Gasteiger partial charge in [-0.2, -0.15) is 0 Å². The van der Waals surface area contributed by atoms with Gasteiger partial charge in [-0.05, 0) is 48.9 Å². The van der Waals surface area contributed by atoms with E-state index in [0.29, 0.717) is 23.1 Å². The fraction of sp³-hybridized carbons (Fsp3) is 0.0909. The second-order valence-electron chi connectivity index (χ2n) is 6.36. The molecular formula is C22H17ClN2O2. The number of nitrogens with zero attached hydrogens (tertiary/aromatic N) is 1. The summed E-state index contributed by atoms with van der Waals surface area (Å²) >= 11 is 6.00. The minimum atomic E-state index is -0.257. The van der Waals surface area contributed by atoms with E-state index in [0.717, 1.165) is 27.5 Å². The van der Waals surface area contributed by atoms with Crippen molar-refractivity contribution in [2.24, 2.45) is 0 Å². The third-order valence-corrected chi connectivity index (χ3v) is 4.61. The van der Waals surface area contributed by atoms with Crippen LogP contribution in [-0.4, -0.2) is 10.9 Å². The second-order valence-corrected chi connectivity index (χ2v) is 6.80. The molecule has 2 aromatic heterocycles. The summed E-state index contributed by atoms with van der Waals surface area (Å²) in [6.45, 7) is 2.40. The Bertz CT molecular complexity index is 1100. The average Bonchev–Trinajstić information content (AvgIpc) is 3.06. The molecule has 0 saturated carbocycles. The molecular weight excluding hydrogens is 360 g/mol. The maximum atomic E-state index is 12.8. The van der Waals surface area contributed by atoms with Crippen LogP contribution in [0.25, 0.3) is 22.1 Å². The summed E-state index contributed by atoms with van der Waals surface area (Å²) in [6.07, 6.45) is 3.43. The van der Waals surface area contributed by atoms with Gasteiger partial charge in [-0.15, -0.1) is 0 Å². The Balaban J connectivity index is 1.72. The number of pyridine rings is 1. The molecule has 0 saturated heterocycles. The molecule has 1 N–H and O–H groups in total. The van der Waals surface area contributed by atoms with Gasteiger partial charge >= 0.3 is 0 Å². The smallest absolute Gasteiger partial charge is 0.287 e. The minimum Gasteiger partial charge on any atom is -0.450 e. The van der Waals surface area contributed by atoms with Crippen molar-refractivity contribution in [1.82, 2.24) is 10.3 Å². The number of rotatable bonds is 4. The number of aromatic nitrogens is 1. The molecule has 0 unspecified atom stereocenters. The van der Waals surface area contributed by atoms with Crippen LogP contribution in [0.15, 0.2) is 71.4 Å². The van der Waals surface area contributed by atoms with Crippen LogP contribution < -0.4 is 5.32 Å². The highest BCUT2D eigenvalue weighted by Crippen LogP contribution is 2.35. The summed E-state index contributed by atoms with van der Waals surface area (Å²) in [5, 5.41) is 5.25. The quantitative estimate of drug-likeness (QED) is 0.519. The summed E-state index contributed by atoms with van der Waals surface area (Å²) in [5.74, 6) is 0.712. The number of hydrogen-bond acceptors (Lipinski definition) is 3. The number of carbonyl (C=O) groups is 1. The fourth-order valence-corrected chi connectivity index (χ4v) is 3.13. The third-order valence-electron chi connectivity index (χ3n) is 4.36. The van der Waals surface area contributed by atoms with Crippen LogP contribution in [0, 0.1) is 6.92 Å². The first-order valence-electron chi connectivity index (χ1n) is 8.58. The lowest BCUT2D eigenvalue weighted by Crippen LogP contribution is -2.22. The summed E-state index contributed by atoms with van der Waals surface area (Å²) in [5.41, 5.74) is 2.90. The predicted molar refractivity (Wildman–Crippen MR) is 107 cm³/mol. The van der Waals surface area contributed by atoms with Crippen LogP contribution in [0.1, 0.15) is 21.7 Å². The predicted octanol–water partition coefficient (Wildman–Crippen LogP) is 5.39. The molecule has 4 aromatic rings. The monoisotopic (exact) mass is 376 g/mol. The molecule has 0 fully saturated rings. The van der Waals surface area contributed by atoms with Crippen molar-refractivity contribution in [1.29, 1.82) is 0 Å². The van der Waals surface area contributed by atoms with Crippen molar-refractivity contribution < 1.29 is 9.21 Å². The van der Waals surface area contributed by atoms with Gasteiger partial charge in [-0.1, -0.05) is 35.4 Å². The molecule has 2 heterocycles. The summed E-state index contributed by atoms with van der Waals surface area (Å²) in [4.78, 5) is 16.8. The number of benzene rings is 2. The van der Waals surface area contributed by atoms with E-state index in [1.165, 1.54) is 0 Å². The van der Waals surface area contributed by atoms with Gasteiger partial charge in [0.15, 0.2) is 5.76 Å². The topological polar surface area (TPSA) is 55.1 Å². The van der Waals surface area contributed by atoms with Crippen molar-refractivity contribution in [2.75, 3.05) is 0 Å². The summed E-state index contributed by atoms with van der Waals surface area (Å²) in [6, 6.07) is 17.1. The molecule has 0 aliphatic rings. The highest BCUT2D eigenvalue weighted by Gasteiger charge is 2.20. The summed E-state index contributed by atoms with van der Waals surface area (Å²) in [7, 11) is 0. The van der Waals surface area contributed by atoms with Gasteiger partial charge in [0.05, 0.1) is 0 Å². The molecule has 0 atom stereocenters. The Morgan fingerprint density at radius 1 is 1.11 bits per heavy atom. The number of nitrogens with one attached hydrogen (secondary N) is 1. The zero-order valence-electron chi connectivity index (χ0n) is 14.7. The largest absolute Gasteiger partial charge is 0.450 e. The zero-order valence-corrected chi connectivity index (χ0v) is 15.5. The third kappa shape index (κ3) is 3.57. The normalized spacial score (nSPS) is 10.9. The number of fused-ring (bicyclic) bond motifs is 1. The van der Waals surface area contributed by atoms with Gasteiger partial charge in [-0.3, -0.25) is 9.78 Å².